The number of rotatable bonds is 8. The molecule has 0 N–H and O–H groups in total. The molecule has 4 heteroatoms. The Morgan fingerprint density at radius 3 is 2.07 bits per heavy atom. The van der Waals surface area contributed by atoms with Gasteiger partial charge in [-0.15, -0.1) is 0 Å². The first kappa shape index (κ1) is 23.3. The molecule has 2 aliphatic rings. The Labute approximate surface area is 179 Å². The lowest BCUT2D eigenvalue weighted by molar-refractivity contribution is 0.244. The molecule has 0 aromatic heterocycles. The molecular weight excluding hydrogens is 388 g/mol. The van der Waals surface area contributed by atoms with Crippen LogP contribution >= 0.6 is 0 Å². The van der Waals surface area contributed by atoms with Gasteiger partial charge in [0.1, 0.15) is 0 Å². The van der Waals surface area contributed by atoms with Crippen molar-refractivity contribution in [3.05, 3.63) is 46.8 Å². The number of benzene rings is 1. The van der Waals surface area contributed by atoms with E-state index in [0.29, 0.717) is 29.4 Å². The van der Waals surface area contributed by atoms with Crippen molar-refractivity contribution in [2.75, 3.05) is 6.67 Å². The molecule has 2 fully saturated rings. The third-order valence-corrected chi connectivity index (χ3v) is 7.45. The van der Waals surface area contributed by atoms with E-state index in [1.165, 1.54) is 38.5 Å². The highest BCUT2D eigenvalue weighted by atomic mass is 19.2. The number of hydrogen-bond donors (Lipinski definition) is 0. The molecule has 0 spiro atoms. The molecule has 1 aromatic rings. The van der Waals surface area contributed by atoms with Crippen molar-refractivity contribution in [1.29, 1.82) is 0 Å². The van der Waals surface area contributed by atoms with Gasteiger partial charge in [0.25, 0.3) is 0 Å². The summed E-state index contributed by atoms with van der Waals surface area (Å²) in [7, 11) is 0. The van der Waals surface area contributed by atoms with Crippen molar-refractivity contribution >= 4 is 0 Å². The highest BCUT2D eigenvalue weighted by Crippen LogP contribution is 2.42. The average Bonchev–Trinajstić information content (AvgIpc) is 2.75. The summed E-state index contributed by atoms with van der Waals surface area (Å²) in [6, 6.07) is 1.13. The first-order valence-electron chi connectivity index (χ1n) is 11.9. The first-order valence-corrected chi connectivity index (χ1v) is 11.9. The molecule has 30 heavy (non-hydrogen) atoms. The molecular formula is C26H36F4. The minimum Gasteiger partial charge on any atom is -0.251 e. The fourth-order valence-electron chi connectivity index (χ4n) is 5.59. The van der Waals surface area contributed by atoms with Gasteiger partial charge >= 0.3 is 0 Å². The quantitative estimate of drug-likeness (QED) is 0.170. The fraction of sp³-hybridized carbons (Fsp3) is 0.692. The van der Waals surface area contributed by atoms with Gasteiger partial charge in [-0.05, 0) is 112 Å². The van der Waals surface area contributed by atoms with Crippen LogP contribution in [-0.4, -0.2) is 6.67 Å². The van der Waals surface area contributed by atoms with Crippen LogP contribution in [0, 0.1) is 42.1 Å². The molecule has 0 heterocycles. The lowest BCUT2D eigenvalue weighted by Gasteiger charge is -2.32. The Morgan fingerprint density at radius 1 is 0.867 bits per heavy atom. The fourth-order valence-corrected chi connectivity index (χ4v) is 5.59. The molecule has 0 radical (unpaired) electrons. The maximum absolute atomic E-state index is 14.3. The molecule has 3 rings (SSSR count). The molecule has 168 valence electrons. The van der Waals surface area contributed by atoms with Crippen LogP contribution in [0.2, 0.25) is 0 Å². The zero-order valence-corrected chi connectivity index (χ0v) is 18.2. The Bertz CT molecular complexity index is 695. The van der Waals surface area contributed by atoms with Crippen LogP contribution in [0.5, 0.6) is 0 Å². The number of alkyl halides is 1. The van der Waals surface area contributed by atoms with Crippen LogP contribution in [-0.2, 0) is 0 Å². The number of unbranched alkanes of at least 4 members (excludes halogenated alkanes) is 1. The molecule has 2 saturated carbocycles. The second kappa shape index (κ2) is 11.3. The third-order valence-electron chi connectivity index (χ3n) is 7.45. The van der Waals surface area contributed by atoms with E-state index in [1.807, 2.05) is 0 Å². The minimum absolute atomic E-state index is 0.0102. The van der Waals surface area contributed by atoms with E-state index in [2.05, 4.69) is 12.2 Å². The van der Waals surface area contributed by atoms with Crippen molar-refractivity contribution in [3.63, 3.8) is 0 Å². The predicted octanol–water partition coefficient (Wildman–Crippen LogP) is 8.58. The van der Waals surface area contributed by atoms with Gasteiger partial charge in [0.05, 0.1) is 6.67 Å². The molecule has 2 aliphatic carbocycles. The van der Waals surface area contributed by atoms with E-state index in [0.717, 1.165) is 44.1 Å². The molecule has 0 aliphatic heterocycles. The molecule has 0 saturated heterocycles. The summed E-state index contributed by atoms with van der Waals surface area (Å²) in [5, 5.41) is 0. The predicted molar refractivity (Wildman–Crippen MR) is 115 cm³/mol. The topological polar surface area (TPSA) is 0 Å². The summed E-state index contributed by atoms with van der Waals surface area (Å²) in [5.41, 5.74) is 0.926. The minimum atomic E-state index is -1.33. The van der Waals surface area contributed by atoms with Crippen LogP contribution < -0.4 is 0 Å². The van der Waals surface area contributed by atoms with E-state index < -0.39 is 17.5 Å². The summed E-state index contributed by atoms with van der Waals surface area (Å²) >= 11 is 0. The Morgan fingerprint density at radius 2 is 1.47 bits per heavy atom. The zero-order valence-electron chi connectivity index (χ0n) is 18.2. The number of aryl methyl sites for hydroxylation is 1. The van der Waals surface area contributed by atoms with Crippen molar-refractivity contribution in [3.8, 4) is 0 Å². The average molecular weight is 425 g/mol. The summed E-state index contributed by atoms with van der Waals surface area (Å²) < 4.78 is 53.6. The lowest BCUT2D eigenvalue weighted by atomic mass is 9.73. The van der Waals surface area contributed by atoms with Crippen LogP contribution in [0.1, 0.15) is 94.1 Å². The Balaban J connectivity index is 1.39. The molecule has 0 bridgehead atoms. The van der Waals surface area contributed by atoms with Crippen LogP contribution in [0.4, 0.5) is 17.6 Å². The largest absolute Gasteiger partial charge is 0.251 e. The van der Waals surface area contributed by atoms with E-state index in [9.17, 15) is 17.6 Å². The zero-order chi connectivity index (χ0) is 21.5. The normalized spacial score (nSPS) is 27.6. The second-order valence-electron chi connectivity index (χ2n) is 9.55. The van der Waals surface area contributed by atoms with Crippen LogP contribution in [0.3, 0.4) is 0 Å². The summed E-state index contributed by atoms with van der Waals surface area (Å²) in [6.45, 7) is 1.45. The van der Waals surface area contributed by atoms with Crippen LogP contribution in [0.25, 0.3) is 0 Å². The lowest BCUT2D eigenvalue weighted by Crippen LogP contribution is -2.18. The van der Waals surface area contributed by atoms with E-state index >= 15 is 0 Å². The summed E-state index contributed by atoms with van der Waals surface area (Å²) in [5.74, 6) is -1.23. The van der Waals surface area contributed by atoms with Gasteiger partial charge in [0, 0.05) is 0 Å². The van der Waals surface area contributed by atoms with Crippen molar-refractivity contribution in [1.82, 2.24) is 0 Å². The molecule has 1 aromatic carbocycles. The number of halogens is 4. The monoisotopic (exact) mass is 424 g/mol. The van der Waals surface area contributed by atoms with E-state index in [-0.39, 0.29) is 12.6 Å². The van der Waals surface area contributed by atoms with Gasteiger partial charge in [0.15, 0.2) is 17.5 Å². The third kappa shape index (κ3) is 6.11. The highest BCUT2D eigenvalue weighted by Gasteiger charge is 2.29. The highest BCUT2D eigenvalue weighted by molar-refractivity contribution is 5.33. The van der Waals surface area contributed by atoms with Crippen molar-refractivity contribution in [2.45, 2.75) is 89.9 Å². The Kier molecular flexibility index (Phi) is 8.83. The Hall–Kier alpha value is -1.32. The maximum Gasteiger partial charge on any atom is 0.194 e. The van der Waals surface area contributed by atoms with Gasteiger partial charge < -0.3 is 0 Å². The van der Waals surface area contributed by atoms with Crippen molar-refractivity contribution in [2.24, 2.45) is 17.8 Å². The molecule has 0 unspecified atom stereocenters. The van der Waals surface area contributed by atoms with E-state index in [1.54, 1.807) is 6.92 Å². The molecule has 0 nitrogen and oxygen atoms in total. The van der Waals surface area contributed by atoms with Gasteiger partial charge in [-0.2, -0.15) is 0 Å². The standard InChI is InChI=1S/C26H36F4/c1-18-17-23(28)25(29)26(30)24(18)22-14-12-21(13-15-22)11-10-20-8-6-19(7-9-20)5-3-2-4-16-27/h3,5,17,19-22H,2,4,6-16H2,1H3. The maximum atomic E-state index is 14.3. The first-order chi connectivity index (χ1) is 14.5. The van der Waals surface area contributed by atoms with Gasteiger partial charge in [-0.3, -0.25) is 4.39 Å². The van der Waals surface area contributed by atoms with Crippen molar-refractivity contribution < 1.29 is 17.6 Å². The number of allylic oxidation sites excluding steroid dienone is 2. The molecule has 0 atom stereocenters. The molecule has 0 amide bonds. The van der Waals surface area contributed by atoms with E-state index in [4.69, 9.17) is 0 Å². The van der Waals surface area contributed by atoms with Crippen LogP contribution in [0.15, 0.2) is 18.2 Å². The smallest absolute Gasteiger partial charge is 0.194 e. The SMILES string of the molecule is Cc1cc(F)c(F)c(F)c1C1CCC(CCC2CCC(C=CCCCF)CC2)CC1. The second-order valence-corrected chi connectivity index (χ2v) is 9.55. The summed E-state index contributed by atoms with van der Waals surface area (Å²) in [6.07, 6.45) is 17.3. The summed E-state index contributed by atoms with van der Waals surface area (Å²) in [4.78, 5) is 0. The van der Waals surface area contributed by atoms with Gasteiger partial charge in [-0.25, -0.2) is 13.2 Å². The number of hydrogen-bond acceptors (Lipinski definition) is 0. The van der Waals surface area contributed by atoms with Gasteiger partial charge in [-0.1, -0.05) is 25.0 Å². The van der Waals surface area contributed by atoms with Gasteiger partial charge in [0.2, 0.25) is 0 Å².